The van der Waals surface area contributed by atoms with Crippen molar-refractivity contribution in [2.24, 2.45) is 5.92 Å². The Kier molecular flexibility index (Phi) is 3.68. The lowest BCUT2D eigenvalue weighted by molar-refractivity contribution is -0.520. The van der Waals surface area contributed by atoms with E-state index in [0.717, 1.165) is 5.92 Å². The van der Waals surface area contributed by atoms with Crippen molar-refractivity contribution >= 4 is 0 Å². The van der Waals surface area contributed by atoms with Crippen LogP contribution < -0.4 is 0 Å². The summed E-state index contributed by atoms with van der Waals surface area (Å²) >= 11 is 0. The molecule has 2 nitrogen and oxygen atoms in total. The van der Waals surface area contributed by atoms with Gasteiger partial charge in [-0.15, -0.1) is 0 Å². The van der Waals surface area contributed by atoms with Crippen LogP contribution in [0.1, 0.15) is 65.2 Å². The quantitative estimate of drug-likeness (QED) is 0.644. The molecule has 0 aromatic heterocycles. The molecule has 1 aliphatic carbocycles. The third-order valence-electron chi connectivity index (χ3n) is 3.98. The van der Waals surface area contributed by atoms with Crippen LogP contribution in [-0.2, 0) is 9.78 Å². The molecule has 1 saturated heterocycles. The van der Waals surface area contributed by atoms with Crippen molar-refractivity contribution in [2.45, 2.75) is 76.9 Å². The predicted molar refractivity (Wildman–Crippen MR) is 60.5 cm³/mol. The first-order valence-electron chi connectivity index (χ1n) is 6.61. The number of rotatable bonds is 5. The highest BCUT2D eigenvalue weighted by Gasteiger charge is 2.52. The Morgan fingerprint density at radius 1 is 1.40 bits per heavy atom. The molecule has 0 aromatic carbocycles. The zero-order valence-corrected chi connectivity index (χ0v) is 10.1. The van der Waals surface area contributed by atoms with Gasteiger partial charge in [-0.1, -0.05) is 46.0 Å². The van der Waals surface area contributed by atoms with E-state index in [1.807, 2.05) is 0 Å². The van der Waals surface area contributed by atoms with Gasteiger partial charge in [0.2, 0.25) is 0 Å². The fraction of sp³-hybridized carbons (Fsp3) is 1.00. The van der Waals surface area contributed by atoms with Crippen LogP contribution >= 0.6 is 0 Å². The van der Waals surface area contributed by atoms with E-state index in [1.54, 1.807) is 0 Å². The van der Waals surface area contributed by atoms with Gasteiger partial charge in [-0.2, -0.15) is 0 Å². The Morgan fingerprint density at radius 2 is 2.27 bits per heavy atom. The SMILES string of the molecule is CCCCC(C)CC12CCCCC1OO2. The molecule has 0 amide bonds. The highest BCUT2D eigenvalue weighted by molar-refractivity contribution is 4.96. The van der Waals surface area contributed by atoms with Gasteiger partial charge >= 0.3 is 0 Å². The molecule has 0 bridgehead atoms. The minimum absolute atomic E-state index is 0.116. The van der Waals surface area contributed by atoms with E-state index in [9.17, 15) is 0 Å². The lowest BCUT2D eigenvalue weighted by Crippen LogP contribution is -2.58. The summed E-state index contributed by atoms with van der Waals surface area (Å²) in [6, 6.07) is 0. The molecule has 0 N–H and O–H groups in total. The van der Waals surface area contributed by atoms with Crippen LogP contribution in [0.15, 0.2) is 0 Å². The molecular weight excluding hydrogens is 188 g/mol. The van der Waals surface area contributed by atoms with Crippen molar-refractivity contribution in [3.05, 3.63) is 0 Å². The molecule has 2 fully saturated rings. The van der Waals surface area contributed by atoms with Gasteiger partial charge < -0.3 is 0 Å². The smallest absolute Gasteiger partial charge is 0.133 e. The largest absolute Gasteiger partial charge is 0.230 e. The molecule has 1 saturated carbocycles. The summed E-state index contributed by atoms with van der Waals surface area (Å²) in [4.78, 5) is 10.7. The normalized spacial score (nSPS) is 36.8. The Bertz CT molecular complexity index is 205. The summed E-state index contributed by atoms with van der Waals surface area (Å²) in [5, 5.41) is 0. The Hall–Kier alpha value is -0.0800. The van der Waals surface area contributed by atoms with Crippen LogP contribution in [0.2, 0.25) is 0 Å². The molecule has 2 rings (SSSR count). The number of unbranched alkanes of at least 4 members (excludes halogenated alkanes) is 1. The van der Waals surface area contributed by atoms with Gasteiger partial charge in [-0.25, -0.2) is 9.78 Å². The molecule has 3 unspecified atom stereocenters. The highest BCUT2D eigenvalue weighted by atomic mass is 17.3. The molecular formula is C13H24O2. The summed E-state index contributed by atoms with van der Waals surface area (Å²) in [6.07, 6.45) is 10.7. The second kappa shape index (κ2) is 4.84. The monoisotopic (exact) mass is 212 g/mol. The molecule has 1 aliphatic heterocycles. The van der Waals surface area contributed by atoms with Crippen molar-refractivity contribution in [3.63, 3.8) is 0 Å². The minimum Gasteiger partial charge on any atom is -0.230 e. The molecule has 15 heavy (non-hydrogen) atoms. The maximum atomic E-state index is 5.47. The van der Waals surface area contributed by atoms with Crippen LogP contribution in [-0.4, -0.2) is 11.7 Å². The Morgan fingerprint density at radius 3 is 2.87 bits per heavy atom. The van der Waals surface area contributed by atoms with Crippen molar-refractivity contribution in [1.82, 2.24) is 0 Å². The molecule has 2 heteroatoms. The average molecular weight is 212 g/mol. The Labute approximate surface area is 93.3 Å². The van der Waals surface area contributed by atoms with Crippen LogP contribution in [0.25, 0.3) is 0 Å². The highest BCUT2D eigenvalue weighted by Crippen LogP contribution is 2.46. The van der Waals surface area contributed by atoms with Crippen molar-refractivity contribution in [2.75, 3.05) is 0 Å². The number of hydrogen-bond acceptors (Lipinski definition) is 2. The standard InChI is InChI=1S/C13H24O2/c1-3-4-7-11(2)10-13-9-6-5-8-12(13)14-15-13/h11-12H,3-10H2,1-2H3. The Balaban J connectivity index is 1.81. The van der Waals surface area contributed by atoms with Crippen LogP contribution in [0, 0.1) is 5.92 Å². The summed E-state index contributed by atoms with van der Waals surface area (Å²) in [5.74, 6) is 0.787. The van der Waals surface area contributed by atoms with Gasteiger partial charge in [0, 0.05) is 0 Å². The predicted octanol–water partition coefficient (Wildman–Crippen LogP) is 3.85. The summed E-state index contributed by atoms with van der Waals surface area (Å²) in [5.41, 5.74) is 0.116. The average Bonchev–Trinajstić information content (AvgIpc) is 2.21. The van der Waals surface area contributed by atoms with Gasteiger partial charge in [0.05, 0.1) is 0 Å². The van der Waals surface area contributed by atoms with Gasteiger partial charge in [0.1, 0.15) is 11.7 Å². The fourth-order valence-electron chi connectivity index (χ4n) is 3.03. The number of fused-ring (bicyclic) bond motifs is 1. The fourth-order valence-corrected chi connectivity index (χ4v) is 3.03. The summed E-state index contributed by atoms with van der Waals surface area (Å²) in [7, 11) is 0. The molecule has 0 spiro atoms. The van der Waals surface area contributed by atoms with E-state index in [2.05, 4.69) is 13.8 Å². The van der Waals surface area contributed by atoms with Crippen LogP contribution in [0.5, 0.6) is 0 Å². The van der Waals surface area contributed by atoms with Gasteiger partial charge in [-0.3, -0.25) is 0 Å². The van der Waals surface area contributed by atoms with E-state index in [-0.39, 0.29) is 5.60 Å². The first-order valence-corrected chi connectivity index (χ1v) is 6.61. The third kappa shape index (κ3) is 2.36. The molecule has 0 radical (unpaired) electrons. The molecule has 1 heterocycles. The van der Waals surface area contributed by atoms with Crippen LogP contribution in [0.4, 0.5) is 0 Å². The molecule has 2 aliphatic rings. The van der Waals surface area contributed by atoms with Crippen LogP contribution in [0.3, 0.4) is 0 Å². The maximum absolute atomic E-state index is 5.47. The zero-order chi connectivity index (χ0) is 10.7. The minimum atomic E-state index is 0.116. The topological polar surface area (TPSA) is 18.5 Å². The summed E-state index contributed by atoms with van der Waals surface area (Å²) < 4.78 is 0. The third-order valence-corrected chi connectivity index (χ3v) is 3.98. The lowest BCUT2D eigenvalue weighted by Gasteiger charge is -2.51. The van der Waals surface area contributed by atoms with E-state index in [1.165, 1.54) is 51.4 Å². The first kappa shape index (κ1) is 11.4. The van der Waals surface area contributed by atoms with Gasteiger partial charge in [0.25, 0.3) is 0 Å². The zero-order valence-electron chi connectivity index (χ0n) is 10.1. The maximum Gasteiger partial charge on any atom is 0.133 e. The summed E-state index contributed by atoms with van der Waals surface area (Å²) in [6.45, 7) is 4.62. The molecule has 3 atom stereocenters. The van der Waals surface area contributed by atoms with E-state index >= 15 is 0 Å². The van der Waals surface area contributed by atoms with Crippen molar-refractivity contribution in [1.29, 1.82) is 0 Å². The van der Waals surface area contributed by atoms with E-state index in [0.29, 0.717) is 6.10 Å². The molecule has 0 aromatic rings. The van der Waals surface area contributed by atoms with Crippen molar-refractivity contribution < 1.29 is 9.78 Å². The number of hydrogen-bond donors (Lipinski definition) is 0. The first-order chi connectivity index (χ1) is 7.27. The molecule has 88 valence electrons. The van der Waals surface area contributed by atoms with Gasteiger partial charge in [0.15, 0.2) is 0 Å². The van der Waals surface area contributed by atoms with Gasteiger partial charge in [-0.05, 0) is 25.2 Å². The second-order valence-electron chi connectivity index (χ2n) is 5.43. The van der Waals surface area contributed by atoms with Crippen molar-refractivity contribution in [3.8, 4) is 0 Å². The second-order valence-corrected chi connectivity index (χ2v) is 5.43. The lowest BCUT2D eigenvalue weighted by atomic mass is 9.75. The van der Waals surface area contributed by atoms with E-state index < -0.39 is 0 Å². The van der Waals surface area contributed by atoms with E-state index in [4.69, 9.17) is 9.78 Å².